The molecule has 5 heteroatoms. The molecule has 0 aliphatic carbocycles. The summed E-state index contributed by atoms with van der Waals surface area (Å²) in [7, 11) is 3.80. The molecule has 1 rings (SSSR count). The van der Waals surface area contributed by atoms with Gasteiger partial charge >= 0.3 is 0 Å². The Morgan fingerprint density at radius 1 is 1.60 bits per heavy atom. The summed E-state index contributed by atoms with van der Waals surface area (Å²) in [6, 6.07) is 0.0810. The second-order valence-electron chi connectivity index (χ2n) is 4.04. The normalized spacial score (nSPS) is 14.2. The summed E-state index contributed by atoms with van der Waals surface area (Å²) in [6.45, 7) is 6.81. The van der Waals surface area contributed by atoms with Gasteiger partial charge in [0.15, 0.2) is 0 Å². The van der Waals surface area contributed by atoms with Crippen molar-refractivity contribution in [2.75, 3.05) is 13.7 Å². The average Bonchev–Trinajstić information content (AvgIpc) is 2.53. The van der Waals surface area contributed by atoms with Gasteiger partial charge in [-0.1, -0.05) is 5.21 Å². The first kappa shape index (κ1) is 12.1. The Morgan fingerprint density at radius 3 is 2.67 bits per heavy atom. The minimum absolute atomic E-state index is 0.0810. The van der Waals surface area contributed by atoms with Crippen molar-refractivity contribution in [1.29, 1.82) is 0 Å². The molecule has 0 aliphatic heterocycles. The van der Waals surface area contributed by atoms with Crippen LogP contribution in [-0.2, 0) is 11.8 Å². The highest BCUT2D eigenvalue weighted by molar-refractivity contribution is 5.07. The molecule has 86 valence electrons. The molecule has 1 atom stereocenters. The largest absolute Gasteiger partial charge is 0.374 e. The molecule has 0 spiro atoms. The van der Waals surface area contributed by atoms with Gasteiger partial charge in [0.05, 0.1) is 23.5 Å². The third kappa shape index (κ3) is 2.54. The first-order valence-electron chi connectivity index (χ1n) is 5.18. The monoisotopic (exact) mass is 212 g/mol. The van der Waals surface area contributed by atoms with Gasteiger partial charge in [-0.05, 0) is 27.8 Å². The van der Waals surface area contributed by atoms with Crippen LogP contribution in [0, 0.1) is 0 Å². The lowest BCUT2D eigenvalue weighted by Gasteiger charge is -2.33. The second kappa shape index (κ2) is 4.72. The molecule has 1 N–H and O–H groups in total. The number of aryl methyl sites for hydroxylation is 1. The van der Waals surface area contributed by atoms with Crippen LogP contribution in [0.1, 0.15) is 32.5 Å². The molecule has 0 amide bonds. The summed E-state index contributed by atoms with van der Waals surface area (Å²) >= 11 is 0. The van der Waals surface area contributed by atoms with E-state index in [4.69, 9.17) is 4.74 Å². The fraction of sp³-hybridized carbons (Fsp3) is 0.800. The van der Waals surface area contributed by atoms with Crippen LogP contribution in [-0.4, -0.2) is 34.2 Å². The van der Waals surface area contributed by atoms with Crippen LogP contribution in [0.5, 0.6) is 0 Å². The molecule has 1 aromatic heterocycles. The minimum atomic E-state index is -0.279. The molecule has 0 radical (unpaired) electrons. The number of hydrogen-bond donors (Lipinski definition) is 1. The Hall–Kier alpha value is -0.940. The maximum absolute atomic E-state index is 5.73. The van der Waals surface area contributed by atoms with Crippen molar-refractivity contribution in [3.05, 3.63) is 11.9 Å². The molecular formula is C10H20N4O. The van der Waals surface area contributed by atoms with E-state index in [2.05, 4.69) is 29.5 Å². The fourth-order valence-electron chi connectivity index (χ4n) is 1.87. The average molecular weight is 212 g/mol. The fourth-order valence-corrected chi connectivity index (χ4v) is 1.87. The molecule has 0 aliphatic rings. The number of nitrogens with one attached hydrogen (secondary N) is 1. The van der Waals surface area contributed by atoms with Crippen molar-refractivity contribution in [2.24, 2.45) is 7.05 Å². The van der Waals surface area contributed by atoms with Crippen molar-refractivity contribution in [2.45, 2.75) is 32.4 Å². The summed E-state index contributed by atoms with van der Waals surface area (Å²) in [5, 5.41) is 11.1. The molecule has 1 unspecified atom stereocenters. The van der Waals surface area contributed by atoms with Gasteiger partial charge in [0.1, 0.15) is 0 Å². The molecule has 1 aromatic rings. The highest BCUT2D eigenvalue weighted by atomic mass is 16.5. The molecule has 0 fully saturated rings. The van der Waals surface area contributed by atoms with Crippen LogP contribution in [0.3, 0.4) is 0 Å². The molecule has 0 bridgehead atoms. The Morgan fingerprint density at radius 2 is 2.27 bits per heavy atom. The molecule has 5 nitrogen and oxygen atoms in total. The summed E-state index contributed by atoms with van der Waals surface area (Å²) in [4.78, 5) is 0. The van der Waals surface area contributed by atoms with Gasteiger partial charge < -0.3 is 10.1 Å². The van der Waals surface area contributed by atoms with Gasteiger partial charge in [-0.25, -0.2) is 0 Å². The molecule has 1 heterocycles. The third-order valence-electron chi connectivity index (χ3n) is 2.55. The van der Waals surface area contributed by atoms with E-state index in [-0.39, 0.29) is 11.6 Å². The van der Waals surface area contributed by atoms with Gasteiger partial charge in [-0.15, -0.1) is 5.10 Å². The zero-order chi connectivity index (χ0) is 11.5. The van der Waals surface area contributed by atoms with Crippen LogP contribution in [0.4, 0.5) is 0 Å². The maximum Gasteiger partial charge on any atom is 0.0835 e. The van der Waals surface area contributed by atoms with Gasteiger partial charge in [0, 0.05) is 13.7 Å². The Labute approximate surface area is 90.8 Å². The molecule has 15 heavy (non-hydrogen) atoms. The topological polar surface area (TPSA) is 52.0 Å². The molecule has 0 saturated heterocycles. The van der Waals surface area contributed by atoms with E-state index < -0.39 is 0 Å². The lowest BCUT2D eigenvalue weighted by Crippen LogP contribution is -2.41. The molecule has 0 aromatic carbocycles. The first-order chi connectivity index (χ1) is 7.03. The molecular weight excluding hydrogens is 192 g/mol. The van der Waals surface area contributed by atoms with E-state index in [9.17, 15) is 0 Å². The van der Waals surface area contributed by atoms with E-state index in [1.54, 1.807) is 10.9 Å². The lowest BCUT2D eigenvalue weighted by atomic mass is 9.96. The van der Waals surface area contributed by atoms with Gasteiger partial charge in [-0.3, -0.25) is 4.68 Å². The van der Waals surface area contributed by atoms with Crippen LogP contribution in [0.25, 0.3) is 0 Å². The Balaban J connectivity index is 2.93. The lowest BCUT2D eigenvalue weighted by molar-refractivity contribution is -0.0392. The van der Waals surface area contributed by atoms with Crippen LogP contribution >= 0.6 is 0 Å². The van der Waals surface area contributed by atoms with Crippen LogP contribution < -0.4 is 5.32 Å². The van der Waals surface area contributed by atoms with E-state index in [0.29, 0.717) is 6.61 Å². The maximum atomic E-state index is 5.73. The Bertz CT molecular complexity index is 308. The summed E-state index contributed by atoms with van der Waals surface area (Å²) in [5.74, 6) is 0. The number of hydrogen-bond acceptors (Lipinski definition) is 4. The predicted octanol–water partition coefficient (Wildman–Crippen LogP) is 0.891. The molecule has 0 saturated carbocycles. The van der Waals surface area contributed by atoms with Crippen LogP contribution in [0.2, 0.25) is 0 Å². The summed E-state index contributed by atoms with van der Waals surface area (Å²) in [5.41, 5.74) is 0.745. The van der Waals surface area contributed by atoms with Gasteiger partial charge in [0.2, 0.25) is 0 Å². The summed E-state index contributed by atoms with van der Waals surface area (Å²) in [6.07, 6.45) is 1.77. The SMILES string of the molecule is CCOC(C)(C)C(NC)c1cnnn1C. The van der Waals surface area contributed by atoms with Crippen molar-refractivity contribution < 1.29 is 4.74 Å². The minimum Gasteiger partial charge on any atom is -0.374 e. The second-order valence-corrected chi connectivity index (χ2v) is 4.04. The Kier molecular flexibility index (Phi) is 3.82. The van der Waals surface area contributed by atoms with Crippen molar-refractivity contribution in [3.63, 3.8) is 0 Å². The van der Waals surface area contributed by atoms with Crippen molar-refractivity contribution >= 4 is 0 Å². The van der Waals surface area contributed by atoms with E-state index in [0.717, 1.165) is 5.69 Å². The highest BCUT2D eigenvalue weighted by Gasteiger charge is 2.32. The van der Waals surface area contributed by atoms with E-state index in [1.807, 2.05) is 21.0 Å². The quantitative estimate of drug-likeness (QED) is 0.787. The highest BCUT2D eigenvalue weighted by Crippen LogP contribution is 2.27. The van der Waals surface area contributed by atoms with Crippen molar-refractivity contribution in [3.8, 4) is 0 Å². The van der Waals surface area contributed by atoms with E-state index in [1.165, 1.54) is 0 Å². The van der Waals surface area contributed by atoms with Gasteiger partial charge in [0.25, 0.3) is 0 Å². The van der Waals surface area contributed by atoms with Gasteiger partial charge in [-0.2, -0.15) is 0 Å². The third-order valence-corrected chi connectivity index (χ3v) is 2.55. The summed E-state index contributed by atoms with van der Waals surface area (Å²) < 4.78 is 7.50. The number of likely N-dealkylation sites (N-methyl/N-ethyl adjacent to an activating group) is 1. The van der Waals surface area contributed by atoms with E-state index >= 15 is 0 Å². The zero-order valence-corrected chi connectivity index (χ0v) is 10.1. The smallest absolute Gasteiger partial charge is 0.0835 e. The number of aromatic nitrogens is 3. The first-order valence-corrected chi connectivity index (χ1v) is 5.18. The van der Waals surface area contributed by atoms with Crippen LogP contribution in [0.15, 0.2) is 6.20 Å². The standard InChI is InChI=1S/C10H20N4O/c1-6-15-10(2,3)9(11-4)8-7-12-13-14(8)5/h7,9,11H,6H2,1-5H3. The predicted molar refractivity (Wildman–Crippen MR) is 58.5 cm³/mol. The van der Waals surface area contributed by atoms with Crippen molar-refractivity contribution in [1.82, 2.24) is 20.3 Å². The number of rotatable bonds is 5. The number of ether oxygens (including phenoxy) is 1. The zero-order valence-electron chi connectivity index (χ0n) is 10.1. The number of nitrogens with zero attached hydrogens (tertiary/aromatic N) is 3.